The molecule has 1 saturated heterocycles. The molecule has 2 fully saturated rings. The van der Waals surface area contributed by atoms with Crippen LogP contribution in [0.3, 0.4) is 0 Å². The van der Waals surface area contributed by atoms with Crippen LogP contribution in [0.1, 0.15) is 44.6 Å². The molecule has 0 spiro atoms. The molecule has 146 valence electrons. The first kappa shape index (κ1) is 18.1. The summed E-state index contributed by atoms with van der Waals surface area (Å²) in [5.74, 6) is -0.155. The van der Waals surface area contributed by atoms with Gasteiger partial charge in [0.15, 0.2) is 11.6 Å². The first-order chi connectivity index (χ1) is 12.9. The Kier molecular flexibility index (Phi) is 4.13. The van der Waals surface area contributed by atoms with Gasteiger partial charge in [0.05, 0.1) is 19.1 Å². The van der Waals surface area contributed by atoms with E-state index in [1.165, 1.54) is 7.11 Å². The largest absolute Gasteiger partial charge is 0.494 e. The van der Waals surface area contributed by atoms with Crippen molar-refractivity contribution in [2.45, 2.75) is 50.1 Å². The smallest absolute Gasteiger partial charge is 0.411 e. The molecule has 0 N–H and O–H groups in total. The van der Waals surface area contributed by atoms with Gasteiger partial charge in [-0.1, -0.05) is 12.2 Å². The van der Waals surface area contributed by atoms with Crippen molar-refractivity contribution in [1.82, 2.24) is 4.90 Å². The number of halogens is 1. The highest BCUT2D eigenvalue weighted by Crippen LogP contribution is 2.65. The van der Waals surface area contributed by atoms with Crippen molar-refractivity contribution < 1.29 is 18.7 Å². The number of carbonyl (C=O) groups is 1. The molecule has 1 aromatic carbocycles. The van der Waals surface area contributed by atoms with E-state index in [1.54, 1.807) is 12.1 Å². The summed E-state index contributed by atoms with van der Waals surface area (Å²) < 4.78 is 25.3. The van der Waals surface area contributed by atoms with Crippen molar-refractivity contribution in [3.8, 4) is 5.75 Å². The number of likely N-dealkylation sites (tertiary alicyclic amines) is 1. The minimum Gasteiger partial charge on any atom is -0.494 e. The van der Waals surface area contributed by atoms with Gasteiger partial charge in [-0.2, -0.15) is 0 Å². The second-order valence-electron chi connectivity index (χ2n) is 7.70. The molecule has 2 heterocycles. The summed E-state index contributed by atoms with van der Waals surface area (Å²) in [5.41, 5.74) is 1.83. The summed E-state index contributed by atoms with van der Waals surface area (Å²) in [6.07, 6.45) is 4.13. The highest BCUT2D eigenvalue weighted by Gasteiger charge is 2.69. The standard InChI is InChI=1S/C21H27FN2O3/c1-5-27-19(25)24-11-10-20-14(2)8-6-7-9-21(20,24)23(3)17-13-18(26-4)16(22)12-15(17)20/h12-13H,2,5-11H2,1,3-4H3/t20-,21+/m0/s1. The minimum atomic E-state index is -0.603. The van der Waals surface area contributed by atoms with Crippen LogP contribution in [0, 0.1) is 5.82 Å². The van der Waals surface area contributed by atoms with E-state index >= 15 is 0 Å². The highest BCUT2D eigenvalue weighted by atomic mass is 19.1. The Bertz CT molecular complexity index is 811. The zero-order valence-corrected chi connectivity index (χ0v) is 16.3. The molecule has 2 aliphatic heterocycles. The summed E-state index contributed by atoms with van der Waals surface area (Å²) >= 11 is 0. The van der Waals surface area contributed by atoms with Gasteiger partial charge in [0.2, 0.25) is 0 Å². The van der Waals surface area contributed by atoms with Gasteiger partial charge in [-0.05, 0) is 50.7 Å². The highest BCUT2D eigenvalue weighted by molar-refractivity contribution is 5.78. The zero-order valence-electron chi connectivity index (χ0n) is 16.3. The molecule has 6 heteroatoms. The molecule has 5 nitrogen and oxygen atoms in total. The Morgan fingerprint density at radius 3 is 2.81 bits per heavy atom. The minimum absolute atomic E-state index is 0.219. The number of hydrogen-bond donors (Lipinski definition) is 0. The van der Waals surface area contributed by atoms with Crippen molar-refractivity contribution >= 4 is 11.8 Å². The average Bonchev–Trinajstić information content (AvgIpc) is 3.03. The van der Waals surface area contributed by atoms with E-state index in [0.717, 1.165) is 48.9 Å². The van der Waals surface area contributed by atoms with Crippen molar-refractivity contribution in [2.24, 2.45) is 0 Å². The zero-order chi connectivity index (χ0) is 19.4. The summed E-state index contributed by atoms with van der Waals surface area (Å²) in [4.78, 5) is 16.9. The fourth-order valence-electron chi connectivity index (χ4n) is 5.76. The summed E-state index contributed by atoms with van der Waals surface area (Å²) in [5, 5.41) is 0. The molecule has 27 heavy (non-hydrogen) atoms. The molecule has 1 aliphatic carbocycles. The van der Waals surface area contributed by atoms with Gasteiger partial charge < -0.3 is 14.4 Å². The van der Waals surface area contributed by atoms with Crippen LogP contribution in [0.2, 0.25) is 0 Å². The van der Waals surface area contributed by atoms with E-state index in [9.17, 15) is 9.18 Å². The molecular weight excluding hydrogens is 347 g/mol. The lowest BCUT2D eigenvalue weighted by Crippen LogP contribution is -2.63. The van der Waals surface area contributed by atoms with E-state index in [1.807, 2.05) is 18.9 Å². The molecule has 3 aliphatic rings. The first-order valence-electron chi connectivity index (χ1n) is 9.68. The number of ether oxygens (including phenoxy) is 2. The molecular formula is C21H27FN2O3. The van der Waals surface area contributed by atoms with Crippen LogP contribution in [-0.2, 0) is 10.2 Å². The topological polar surface area (TPSA) is 42.0 Å². The molecule has 4 rings (SSSR count). The normalized spacial score (nSPS) is 29.1. The third-order valence-electron chi connectivity index (χ3n) is 6.83. The van der Waals surface area contributed by atoms with Crippen molar-refractivity contribution in [1.29, 1.82) is 0 Å². The number of fused-ring (bicyclic) bond motifs is 1. The van der Waals surface area contributed by atoms with Gasteiger partial charge in [0.1, 0.15) is 5.66 Å². The summed E-state index contributed by atoms with van der Waals surface area (Å²) in [7, 11) is 3.47. The van der Waals surface area contributed by atoms with Gasteiger partial charge in [-0.3, -0.25) is 4.90 Å². The number of hydrogen-bond acceptors (Lipinski definition) is 4. The van der Waals surface area contributed by atoms with E-state index in [-0.39, 0.29) is 17.7 Å². The third kappa shape index (κ3) is 2.07. The van der Waals surface area contributed by atoms with Crippen molar-refractivity contribution in [3.05, 3.63) is 35.7 Å². The molecule has 0 aromatic heterocycles. The van der Waals surface area contributed by atoms with Crippen LogP contribution in [0.4, 0.5) is 14.9 Å². The number of carbonyl (C=O) groups excluding carboxylic acids is 1. The van der Waals surface area contributed by atoms with E-state index < -0.39 is 11.1 Å². The first-order valence-corrected chi connectivity index (χ1v) is 9.68. The fraction of sp³-hybridized carbons (Fsp3) is 0.571. The van der Waals surface area contributed by atoms with E-state index in [0.29, 0.717) is 13.2 Å². The third-order valence-corrected chi connectivity index (χ3v) is 6.83. The lowest BCUT2D eigenvalue weighted by Gasteiger charge is -2.49. The maximum absolute atomic E-state index is 14.7. The number of rotatable bonds is 2. The quantitative estimate of drug-likeness (QED) is 0.727. The predicted octanol–water partition coefficient (Wildman–Crippen LogP) is 4.21. The maximum Gasteiger partial charge on any atom is 0.411 e. The van der Waals surface area contributed by atoms with Crippen LogP contribution in [0.15, 0.2) is 24.3 Å². The number of benzene rings is 1. The number of methoxy groups -OCH3 is 1. The SMILES string of the molecule is C=C1CCCC[C@@]23N(C(=O)OCC)CC[C@@]12c1cc(F)c(OC)cc1N3C. The Hall–Kier alpha value is -2.24. The molecule has 0 unspecified atom stereocenters. The Balaban J connectivity index is 1.98. The van der Waals surface area contributed by atoms with Gasteiger partial charge in [0.25, 0.3) is 0 Å². The molecule has 0 bridgehead atoms. The predicted molar refractivity (Wildman–Crippen MR) is 102 cm³/mol. The lowest BCUT2D eigenvalue weighted by atomic mass is 9.66. The number of amides is 1. The number of nitrogens with zero attached hydrogens (tertiary/aromatic N) is 2. The van der Waals surface area contributed by atoms with Crippen molar-refractivity contribution in [2.75, 3.05) is 32.2 Å². The molecule has 1 amide bonds. The van der Waals surface area contributed by atoms with Crippen molar-refractivity contribution in [3.63, 3.8) is 0 Å². The van der Waals surface area contributed by atoms with Gasteiger partial charge in [-0.25, -0.2) is 9.18 Å². The van der Waals surface area contributed by atoms with Crippen LogP contribution in [-0.4, -0.2) is 44.0 Å². The van der Waals surface area contributed by atoms with Gasteiger partial charge >= 0.3 is 6.09 Å². The fourth-order valence-corrected chi connectivity index (χ4v) is 5.76. The molecule has 0 radical (unpaired) electrons. The Morgan fingerprint density at radius 2 is 2.11 bits per heavy atom. The molecule has 1 aromatic rings. The van der Waals surface area contributed by atoms with Crippen LogP contribution >= 0.6 is 0 Å². The summed E-state index contributed by atoms with van der Waals surface area (Å²) in [6, 6.07) is 3.35. The van der Waals surface area contributed by atoms with Crippen LogP contribution in [0.25, 0.3) is 0 Å². The van der Waals surface area contributed by atoms with Crippen LogP contribution < -0.4 is 9.64 Å². The monoisotopic (exact) mass is 374 g/mol. The second-order valence-corrected chi connectivity index (χ2v) is 7.70. The molecule has 2 atom stereocenters. The lowest BCUT2D eigenvalue weighted by molar-refractivity contribution is 0.0581. The van der Waals surface area contributed by atoms with Crippen LogP contribution in [0.5, 0.6) is 5.75 Å². The van der Waals surface area contributed by atoms with E-state index in [4.69, 9.17) is 9.47 Å². The molecule has 1 saturated carbocycles. The number of anilines is 1. The Morgan fingerprint density at radius 1 is 1.33 bits per heavy atom. The number of likely N-dealkylation sites (N-methyl/N-ethyl adjacent to an activating group) is 1. The van der Waals surface area contributed by atoms with Gasteiger partial charge in [-0.15, -0.1) is 0 Å². The second kappa shape index (κ2) is 6.14. The average molecular weight is 374 g/mol. The Labute approximate surface area is 159 Å². The maximum atomic E-state index is 14.7. The summed E-state index contributed by atoms with van der Waals surface area (Å²) in [6.45, 7) is 7.16. The van der Waals surface area contributed by atoms with E-state index in [2.05, 4.69) is 11.5 Å². The van der Waals surface area contributed by atoms with Gasteiger partial charge in [0, 0.05) is 25.3 Å².